The van der Waals surface area contributed by atoms with Gasteiger partial charge < -0.3 is 9.47 Å². The average molecular weight is 352 g/mol. The number of benzene rings is 1. The number of nitrogens with zero attached hydrogens (tertiary/aromatic N) is 2. The van der Waals surface area contributed by atoms with Gasteiger partial charge in [-0.15, -0.1) is 6.58 Å². The van der Waals surface area contributed by atoms with Gasteiger partial charge in [-0.2, -0.15) is 0 Å². The second kappa shape index (κ2) is 9.39. The van der Waals surface area contributed by atoms with Crippen LogP contribution in [0.2, 0.25) is 0 Å². The first-order valence-corrected chi connectivity index (χ1v) is 9.36. The molecule has 4 nitrogen and oxygen atoms in total. The number of methoxy groups -OCH3 is 1. The number of pyridine rings is 1. The Bertz CT molecular complexity index is 703. The summed E-state index contributed by atoms with van der Waals surface area (Å²) in [7, 11) is 1.68. The molecule has 138 valence electrons. The molecule has 3 rings (SSSR count). The molecule has 0 saturated carbocycles. The van der Waals surface area contributed by atoms with Gasteiger partial charge in [-0.25, -0.2) is 0 Å². The summed E-state index contributed by atoms with van der Waals surface area (Å²) in [5.74, 6) is 1.59. The number of piperidine rings is 1. The summed E-state index contributed by atoms with van der Waals surface area (Å²) < 4.78 is 11.5. The van der Waals surface area contributed by atoms with Crippen LogP contribution >= 0.6 is 0 Å². The van der Waals surface area contributed by atoms with E-state index >= 15 is 0 Å². The van der Waals surface area contributed by atoms with Crippen molar-refractivity contribution in [2.75, 3.05) is 26.8 Å². The van der Waals surface area contributed by atoms with Gasteiger partial charge >= 0.3 is 0 Å². The largest absolute Gasteiger partial charge is 0.493 e. The molecule has 26 heavy (non-hydrogen) atoms. The van der Waals surface area contributed by atoms with Crippen LogP contribution in [0.5, 0.6) is 11.5 Å². The molecule has 0 bridgehead atoms. The van der Waals surface area contributed by atoms with Gasteiger partial charge in [0.15, 0.2) is 11.5 Å². The highest BCUT2D eigenvalue weighted by atomic mass is 16.5. The number of hydrogen-bond acceptors (Lipinski definition) is 4. The summed E-state index contributed by atoms with van der Waals surface area (Å²) in [5, 5.41) is 0. The van der Waals surface area contributed by atoms with Gasteiger partial charge in [0.25, 0.3) is 0 Å². The van der Waals surface area contributed by atoms with Crippen molar-refractivity contribution >= 4 is 0 Å². The number of rotatable bonds is 8. The highest BCUT2D eigenvalue weighted by Gasteiger charge is 2.23. The van der Waals surface area contributed by atoms with Crippen LogP contribution in [0.4, 0.5) is 0 Å². The lowest BCUT2D eigenvalue weighted by Gasteiger charge is -2.35. The normalized spacial score (nSPS) is 17.7. The zero-order valence-corrected chi connectivity index (χ0v) is 15.6. The maximum Gasteiger partial charge on any atom is 0.161 e. The molecule has 2 heterocycles. The number of ether oxygens (including phenoxy) is 2. The van der Waals surface area contributed by atoms with Crippen LogP contribution in [0, 0.1) is 0 Å². The summed E-state index contributed by atoms with van der Waals surface area (Å²) in [5.41, 5.74) is 2.48. The smallest absolute Gasteiger partial charge is 0.161 e. The van der Waals surface area contributed by atoms with Crippen LogP contribution in [-0.4, -0.2) is 36.7 Å². The van der Waals surface area contributed by atoms with Crippen molar-refractivity contribution in [2.24, 2.45) is 0 Å². The van der Waals surface area contributed by atoms with Gasteiger partial charge in [0.2, 0.25) is 0 Å². The molecule has 1 saturated heterocycles. The summed E-state index contributed by atoms with van der Waals surface area (Å²) in [4.78, 5) is 6.80. The highest BCUT2D eigenvalue weighted by molar-refractivity contribution is 5.43. The van der Waals surface area contributed by atoms with E-state index in [0.29, 0.717) is 12.6 Å². The van der Waals surface area contributed by atoms with Gasteiger partial charge in [-0.1, -0.05) is 24.6 Å². The standard InChI is InChI=1S/C22H28N2O2/c1-3-7-18-10-11-21(22(16-18)25-2)26-15-14-24-13-5-4-9-20(24)19-8-6-12-23-17-19/h3,6,8,10-12,16-17,20H,1,4-5,7,9,13-15H2,2H3/t20-/m0/s1. The van der Waals surface area contributed by atoms with E-state index in [0.717, 1.165) is 31.0 Å². The maximum absolute atomic E-state index is 6.04. The summed E-state index contributed by atoms with van der Waals surface area (Å²) in [6, 6.07) is 10.7. The lowest BCUT2D eigenvalue weighted by Crippen LogP contribution is -2.36. The SMILES string of the molecule is C=CCc1ccc(OCCN2CCCC[C@H]2c2cccnc2)c(OC)c1. The summed E-state index contributed by atoms with van der Waals surface area (Å²) in [6.07, 6.45) is 10.3. The van der Waals surface area contributed by atoms with E-state index in [1.165, 1.54) is 30.4 Å². The van der Waals surface area contributed by atoms with Crippen molar-refractivity contribution in [3.63, 3.8) is 0 Å². The first-order chi connectivity index (χ1) is 12.8. The maximum atomic E-state index is 6.04. The average Bonchev–Trinajstić information content (AvgIpc) is 2.70. The van der Waals surface area contributed by atoms with Gasteiger partial charge in [0, 0.05) is 25.0 Å². The first kappa shape index (κ1) is 18.5. The van der Waals surface area contributed by atoms with Gasteiger partial charge in [0.1, 0.15) is 6.61 Å². The summed E-state index contributed by atoms with van der Waals surface area (Å²) in [6.45, 7) is 6.44. The molecule has 0 unspecified atom stereocenters. The van der Waals surface area contributed by atoms with Gasteiger partial charge in [-0.05, 0) is 55.1 Å². The molecular formula is C22H28N2O2. The molecule has 0 N–H and O–H groups in total. The molecule has 1 fully saturated rings. The number of allylic oxidation sites excluding steroid dienone is 1. The van der Waals surface area contributed by atoms with Crippen molar-refractivity contribution in [2.45, 2.75) is 31.7 Å². The van der Waals surface area contributed by atoms with Crippen molar-refractivity contribution in [3.05, 3.63) is 66.5 Å². The first-order valence-electron chi connectivity index (χ1n) is 9.36. The second-order valence-corrected chi connectivity index (χ2v) is 6.66. The Labute approximate surface area is 156 Å². The fourth-order valence-corrected chi connectivity index (χ4v) is 3.61. The lowest BCUT2D eigenvalue weighted by molar-refractivity contribution is 0.122. The summed E-state index contributed by atoms with van der Waals surface area (Å²) >= 11 is 0. The Morgan fingerprint density at radius 3 is 2.96 bits per heavy atom. The predicted molar refractivity (Wildman–Crippen MR) is 105 cm³/mol. The molecule has 2 aromatic rings. The minimum atomic E-state index is 0.443. The highest BCUT2D eigenvalue weighted by Crippen LogP contribution is 2.31. The van der Waals surface area contributed by atoms with E-state index in [4.69, 9.17) is 9.47 Å². The molecule has 0 aliphatic carbocycles. The van der Waals surface area contributed by atoms with Gasteiger partial charge in [0.05, 0.1) is 7.11 Å². The Hall–Kier alpha value is -2.33. The predicted octanol–water partition coefficient (Wildman–Crippen LogP) is 4.42. The minimum absolute atomic E-state index is 0.443. The van der Waals surface area contributed by atoms with E-state index in [1.54, 1.807) is 7.11 Å². The van der Waals surface area contributed by atoms with E-state index in [1.807, 2.05) is 36.7 Å². The zero-order valence-electron chi connectivity index (χ0n) is 15.6. The van der Waals surface area contributed by atoms with Crippen LogP contribution in [0.15, 0.2) is 55.4 Å². The van der Waals surface area contributed by atoms with Crippen LogP contribution in [0.25, 0.3) is 0 Å². The molecule has 1 aliphatic heterocycles. The topological polar surface area (TPSA) is 34.6 Å². The van der Waals surface area contributed by atoms with E-state index < -0.39 is 0 Å². The third kappa shape index (κ3) is 4.64. The lowest BCUT2D eigenvalue weighted by atomic mass is 9.96. The second-order valence-electron chi connectivity index (χ2n) is 6.66. The number of hydrogen-bond donors (Lipinski definition) is 0. The molecule has 0 amide bonds. The quantitative estimate of drug-likeness (QED) is 0.659. The van der Waals surface area contributed by atoms with Crippen LogP contribution in [0.3, 0.4) is 0 Å². The van der Waals surface area contributed by atoms with E-state index in [9.17, 15) is 0 Å². The Morgan fingerprint density at radius 1 is 1.27 bits per heavy atom. The molecule has 0 spiro atoms. The fourth-order valence-electron chi connectivity index (χ4n) is 3.61. The van der Waals surface area contributed by atoms with Crippen molar-refractivity contribution in [3.8, 4) is 11.5 Å². The molecular weight excluding hydrogens is 324 g/mol. The fraction of sp³-hybridized carbons (Fsp3) is 0.409. The third-order valence-corrected chi connectivity index (χ3v) is 4.93. The molecule has 1 aliphatic rings. The Morgan fingerprint density at radius 2 is 2.19 bits per heavy atom. The van der Waals surface area contributed by atoms with Gasteiger partial charge in [-0.3, -0.25) is 9.88 Å². The minimum Gasteiger partial charge on any atom is -0.493 e. The van der Waals surface area contributed by atoms with Crippen molar-refractivity contribution in [1.82, 2.24) is 9.88 Å². The Balaban J connectivity index is 1.60. The van der Waals surface area contributed by atoms with Crippen molar-refractivity contribution in [1.29, 1.82) is 0 Å². The van der Waals surface area contributed by atoms with E-state index in [2.05, 4.69) is 28.6 Å². The molecule has 1 atom stereocenters. The van der Waals surface area contributed by atoms with Crippen molar-refractivity contribution < 1.29 is 9.47 Å². The molecule has 4 heteroatoms. The van der Waals surface area contributed by atoms with Crippen LogP contribution < -0.4 is 9.47 Å². The molecule has 0 radical (unpaired) electrons. The monoisotopic (exact) mass is 352 g/mol. The zero-order chi connectivity index (χ0) is 18.2. The Kier molecular flexibility index (Phi) is 6.67. The number of aromatic nitrogens is 1. The van der Waals surface area contributed by atoms with Crippen LogP contribution in [-0.2, 0) is 6.42 Å². The number of likely N-dealkylation sites (tertiary alicyclic amines) is 1. The molecule has 1 aromatic heterocycles. The van der Waals surface area contributed by atoms with Crippen LogP contribution in [0.1, 0.15) is 36.4 Å². The third-order valence-electron chi connectivity index (χ3n) is 4.93. The van der Waals surface area contributed by atoms with E-state index in [-0.39, 0.29) is 0 Å². The molecule has 1 aromatic carbocycles.